The van der Waals surface area contributed by atoms with Gasteiger partial charge in [-0.25, -0.2) is 15.0 Å². The van der Waals surface area contributed by atoms with E-state index in [1.165, 1.54) is 11.3 Å². The van der Waals surface area contributed by atoms with Crippen LogP contribution in [0.3, 0.4) is 0 Å². The fraction of sp³-hybridized carbons (Fsp3) is 0.0714. The number of hydrogen-bond acceptors (Lipinski definition) is 7. The monoisotopic (exact) mass is 312 g/mol. The molecule has 110 valence electrons. The molecule has 0 radical (unpaired) electrons. The average Bonchev–Trinajstić information content (AvgIpc) is 3.03. The highest BCUT2D eigenvalue weighted by molar-refractivity contribution is 7.14. The maximum Gasteiger partial charge on any atom is 0.271 e. The van der Waals surface area contributed by atoms with Gasteiger partial charge >= 0.3 is 0 Å². The summed E-state index contributed by atoms with van der Waals surface area (Å²) in [6.07, 6.45) is 6.66. The molecular weight excluding hydrogens is 300 g/mol. The van der Waals surface area contributed by atoms with E-state index >= 15 is 0 Å². The van der Waals surface area contributed by atoms with E-state index in [0.717, 1.165) is 5.56 Å². The first-order valence-corrected chi connectivity index (χ1v) is 7.36. The van der Waals surface area contributed by atoms with Crippen molar-refractivity contribution in [2.45, 2.75) is 6.54 Å². The van der Waals surface area contributed by atoms with Crippen LogP contribution in [0, 0.1) is 0 Å². The largest absolute Gasteiger partial charge is 0.347 e. The summed E-state index contributed by atoms with van der Waals surface area (Å²) in [5, 5.41) is 8.00. The Kier molecular flexibility index (Phi) is 4.30. The summed E-state index contributed by atoms with van der Waals surface area (Å²) in [5.41, 5.74) is 1.29. The Bertz CT molecular complexity index is 746. The molecule has 0 fully saturated rings. The lowest BCUT2D eigenvalue weighted by Gasteiger charge is -2.02. The molecule has 0 aliphatic rings. The molecule has 0 aromatic carbocycles. The number of amides is 1. The zero-order chi connectivity index (χ0) is 15.2. The highest BCUT2D eigenvalue weighted by Gasteiger charge is 2.11. The first kappa shape index (κ1) is 14.1. The fourth-order valence-corrected chi connectivity index (χ4v) is 2.35. The third-order valence-corrected chi connectivity index (χ3v) is 3.45. The second-order valence-corrected chi connectivity index (χ2v) is 5.14. The van der Waals surface area contributed by atoms with Gasteiger partial charge in [-0.3, -0.25) is 9.78 Å². The van der Waals surface area contributed by atoms with E-state index in [4.69, 9.17) is 0 Å². The number of thiazole rings is 1. The minimum Gasteiger partial charge on any atom is -0.347 e. The van der Waals surface area contributed by atoms with Crippen molar-refractivity contribution in [3.05, 3.63) is 59.6 Å². The number of nitrogens with zero attached hydrogens (tertiary/aromatic N) is 4. The van der Waals surface area contributed by atoms with Gasteiger partial charge in [-0.15, -0.1) is 11.3 Å². The molecular formula is C14H12N6OS. The van der Waals surface area contributed by atoms with Crippen molar-refractivity contribution in [1.29, 1.82) is 0 Å². The van der Waals surface area contributed by atoms with Crippen molar-refractivity contribution in [2.24, 2.45) is 0 Å². The molecule has 0 saturated carbocycles. The van der Waals surface area contributed by atoms with E-state index < -0.39 is 0 Å². The number of hydrogen-bond donors (Lipinski definition) is 2. The lowest BCUT2D eigenvalue weighted by atomic mass is 10.3. The third-order valence-electron chi connectivity index (χ3n) is 2.70. The van der Waals surface area contributed by atoms with Crippen LogP contribution >= 0.6 is 11.3 Å². The van der Waals surface area contributed by atoms with Gasteiger partial charge in [0, 0.05) is 36.7 Å². The molecule has 0 aliphatic carbocycles. The predicted octanol–water partition coefficient (Wildman–Crippen LogP) is 2.00. The molecule has 0 atom stereocenters. The molecule has 0 bridgehead atoms. The van der Waals surface area contributed by atoms with Crippen LogP contribution < -0.4 is 10.6 Å². The summed E-state index contributed by atoms with van der Waals surface area (Å²) in [4.78, 5) is 28.3. The normalized spacial score (nSPS) is 10.2. The predicted molar refractivity (Wildman–Crippen MR) is 82.8 cm³/mol. The van der Waals surface area contributed by atoms with Crippen molar-refractivity contribution < 1.29 is 4.79 Å². The molecule has 0 spiro atoms. The Labute approximate surface area is 130 Å². The molecule has 2 N–H and O–H groups in total. The number of pyridine rings is 1. The van der Waals surface area contributed by atoms with Gasteiger partial charge in [-0.2, -0.15) is 0 Å². The number of carbonyl (C=O) groups is 1. The molecule has 22 heavy (non-hydrogen) atoms. The fourth-order valence-electron chi connectivity index (χ4n) is 1.67. The number of nitrogens with one attached hydrogen (secondary N) is 2. The van der Waals surface area contributed by atoms with E-state index in [-0.39, 0.29) is 5.91 Å². The lowest BCUT2D eigenvalue weighted by molar-refractivity contribution is 0.0946. The zero-order valence-corrected chi connectivity index (χ0v) is 12.2. The molecule has 7 nitrogen and oxygen atoms in total. The van der Waals surface area contributed by atoms with Crippen molar-refractivity contribution in [1.82, 2.24) is 25.3 Å². The molecule has 3 rings (SSSR count). The first-order valence-electron chi connectivity index (χ1n) is 6.48. The molecule has 1 amide bonds. The van der Waals surface area contributed by atoms with Crippen LogP contribution in [0.2, 0.25) is 0 Å². The second-order valence-electron chi connectivity index (χ2n) is 4.28. The van der Waals surface area contributed by atoms with E-state index in [0.29, 0.717) is 23.3 Å². The van der Waals surface area contributed by atoms with Crippen molar-refractivity contribution in [2.75, 3.05) is 5.32 Å². The van der Waals surface area contributed by atoms with Gasteiger partial charge in [0.2, 0.25) is 5.95 Å². The van der Waals surface area contributed by atoms with Crippen LogP contribution in [-0.4, -0.2) is 25.8 Å². The van der Waals surface area contributed by atoms with Gasteiger partial charge in [0.1, 0.15) is 5.69 Å². The molecule has 3 aromatic heterocycles. The van der Waals surface area contributed by atoms with Gasteiger partial charge in [0.25, 0.3) is 5.91 Å². The summed E-state index contributed by atoms with van der Waals surface area (Å²) in [5.74, 6) is 0.210. The highest BCUT2D eigenvalue weighted by Crippen LogP contribution is 2.18. The zero-order valence-electron chi connectivity index (χ0n) is 11.4. The van der Waals surface area contributed by atoms with Crippen LogP contribution in [0.15, 0.2) is 48.4 Å². The smallest absolute Gasteiger partial charge is 0.271 e. The number of rotatable bonds is 5. The van der Waals surface area contributed by atoms with Crippen LogP contribution in [0.1, 0.15) is 16.1 Å². The molecule has 8 heteroatoms. The summed E-state index contributed by atoms with van der Waals surface area (Å²) < 4.78 is 0. The van der Waals surface area contributed by atoms with Crippen molar-refractivity contribution >= 4 is 28.3 Å². The molecule has 0 saturated heterocycles. The number of aromatic nitrogens is 4. The van der Waals surface area contributed by atoms with E-state index in [1.807, 2.05) is 12.1 Å². The Morgan fingerprint density at radius 3 is 2.82 bits per heavy atom. The van der Waals surface area contributed by atoms with Crippen LogP contribution in [0.4, 0.5) is 11.1 Å². The molecule has 3 heterocycles. The SMILES string of the molecule is O=C(NCc1cccnc1)c1csc(Nc2ncccn2)n1. The lowest BCUT2D eigenvalue weighted by Crippen LogP contribution is -2.23. The number of carbonyl (C=O) groups excluding carboxylic acids is 1. The maximum atomic E-state index is 12.0. The standard InChI is InChI=1S/C14H12N6OS/c21-12(18-8-10-3-1-4-15-7-10)11-9-22-14(19-11)20-13-16-5-2-6-17-13/h1-7,9H,8H2,(H,18,21)(H,16,17,19,20). The average molecular weight is 312 g/mol. The molecule has 0 unspecified atom stereocenters. The first-order chi connectivity index (χ1) is 10.8. The minimum absolute atomic E-state index is 0.234. The molecule has 3 aromatic rings. The van der Waals surface area contributed by atoms with Crippen molar-refractivity contribution in [3.8, 4) is 0 Å². The van der Waals surface area contributed by atoms with Gasteiger partial charge < -0.3 is 10.6 Å². The van der Waals surface area contributed by atoms with Gasteiger partial charge in [0.05, 0.1) is 0 Å². The second kappa shape index (κ2) is 6.72. The van der Waals surface area contributed by atoms with Crippen LogP contribution in [0.5, 0.6) is 0 Å². The topological polar surface area (TPSA) is 92.7 Å². The Morgan fingerprint density at radius 1 is 1.18 bits per heavy atom. The Hall–Kier alpha value is -2.87. The summed E-state index contributed by atoms with van der Waals surface area (Å²) in [7, 11) is 0. The quantitative estimate of drug-likeness (QED) is 0.748. The third kappa shape index (κ3) is 3.61. The highest BCUT2D eigenvalue weighted by atomic mass is 32.1. The minimum atomic E-state index is -0.234. The maximum absolute atomic E-state index is 12.0. The number of anilines is 2. The van der Waals surface area contributed by atoms with Crippen LogP contribution in [-0.2, 0) is 6.54 Å². The summed E-state index contributed by atoms with van der Waals surface area (Å²) in [6, 6.07) is 5.45. The van der Waals surface area contributed by atoms with E-state index in [9.17, 15) is 4.79 Å². The van der Waals surface area contributed by atoms with Gasteiger partial charge in [-0.1, -0.05) is 6.07 Å². The van der Waals surface area contributed by atoms with Gasteiger partial charge in [0.15, 0.2) is 5.13 Å². The summed E-state index contributed by atoms with van der Waals surface area (Å²) >= 11 is 1.32. The van der Waals surface area contributed by atoms with Crippen LogP contribution in [0.25, 0.3) is 0 Å². The van der Waals surface area contributed by atoms with E-state index in [1.54, 1.807) is 36.2 Å². The van der Waals surface area contributed by atoms with E-state index in [2.05, 4.69) is 30.6 Å². The van der Waals surface area contributed by atoms with Crippen molar-refractivity contribution in [3.63, 3.8) is 0 Å². The molecule has 0 aliphatic heterocycles. The van der Waals surface area contributed by atoms with Gasteiger partial charge in [-0.05, 0) is 17.7 Å². The Balaban J connectivity index is 1.60. The Morgan fingerprint density at radius 2 is 2.05 bits per heavy atom. The summed E-state index contributed by atoms with van der Waals surface area (Å²) in [6.45, 7) is 0.411.